The smallest absolute Gasteiger partial charge is 0.267 e. The van der Waals surface area contributed by atoms with Crippen molar-refractivity contribution in [3.8, 4) is 0 Å². The van der Waals surface area contributed by atoms with Crippen molar-refractivity contribution in [3.63, 3.8) is 0 Å². The first-order valence-corrected chi connectivity index (χ1v) is 7.35. The minimum absolute atomic E-state index is 0.0707. The monoisotopic (exact) mass is 373 g/mol. The molecule has 2 rings (SSSR count). The third-order valence-electron chi connectivity index (χ3n) is 2.80. The second-order valence-electron chi connectivity index (χ2n) is 4.44. The van der Waals surface area contributed by atoms with E-state index in [-0.39, 0.29) is 11.3 Å². The number of hydrazone groups is 1. The summed E-state index contributed by atoms with van der Waals surface area (Å²) in [6, 6.07) is 14.9. The molecule has 0 aromatic heterocycles. The van der Waals surface area contributed by atoms with E-state index in [0.29, 0.717) is 4.48 Å². The van der Waals surface area contributed by atoms with Gasteiger partial charge in [-0.05, 0) is 39.7 Å². The molecule has 0 spiro atoms. The average Bonchev–Trinajstić information content (AvgIpc) is 2.55. The fourth-order valence-corrected chi connectivity index (χ4v) is 2.06. The second kappa shape index (κ2) is 8.00. The zero-order chi connectivity index (χ0) is 16.7. The van der Waals surface area contributed by atoms with E-state index < -0.39 is 10.8 Å². The highest BCUT2D eigenvalue weighted by Crippen LogP contribution is 2.12. The minimum atomic E-state index is -0.522. The maximum absolute atomic E-state index is 11.8. The molecule has 0 aliphatic heterocycles. The molecule has 6 nitrogen and oxygen atoms in total. The topological polar surface area (TPSA) is 84.6 Å². The number of rotatable bonds is 5. The van der Waals surface area contributed by atoms with E-state index in [0.717, 1.165) is 5.56 Å². The van der Waals surface area contributed by atoms with Crippen molar-refractivity contribution in [2.24, 2.45) is 5.10 Å². The number of nitro groups is 1. The number of carbonyl (C=O) groups excluding carboxylic acids is 1. The van der Waals surface area contributed by atoms with Crippen LogP contribution < -0.4 is 5.43 Å². The van der Waals surface area contributed by atoms with Crippen LogP contribution in [0.1, 0.15) is 15.9 Å². The van der Waals surface area contributed by atoms with Crippen LogP contribution >= 0.6 is 15.9 Å². The Morgan fingerprint density at radius 1 is 1.13 bits per heavy atom. The normalized spacial score (nSPS) is 11.4. The van der Waals surface area contributed by atoms with Gasteiger partial charge in [-0.25, -0.2) is 5.43 Å². The third kappa shape index (κ3) is 5.15. The summed E-state index contributed by atoms with van der Waals surface area (Å²) >= 11 is 3.33. The Morgan fingerprint density at radius 2 is 1.78 bits per heavy atom. The van der Waals surface area contributed by atoms with Gasteiger partial charge in [0.1, 0.15) is 0 Å². The molecule has 0 aliphatic carbocycles. The molecule has 116 valence electrons. The van der Waals surface area contributed by atoms with Gasteiger partial charge in [0.2, 0.25) is 0 Å². The van der Waals surface area contributed by atoms with E-state index in [1.807, 2.05) is 36.4 Å². The minimum Gasteiger partial charge on any atom is -0.267 e. The molecule has 23 heavy (non-hydrogen) atoms. The summed E-state index contributed by atoms with van der Waals surface area (Å²) in [6.07, 6.45) is 3.30. The maximum atomic E-state index is 11.8. The number of hydrogen-bond donors (Lipinski definition) is 1. The van der Waals surface area contributed by atoms with Crippen LogP contribution in [0.4, 0.5) is 5.69 Å². The van der Waals surface area contributed by atoms with Gasteiger partial charge >= 0.3 is 0 Å². The molecule has 0 aliphatic rings. The van der Waals surface area contributed by atoms with E-state index in [1.165, 1.54) is 30.5 Å². The number of nitro benzene ring substituents is 1. The number of benzene rings is 2. The van der Waals surface area contributed by atoms with Crippen molar-refractivity contribution in [2.45, 2.75) is 0 Å². The highest BCUT2D eigenvalue weighted by atomic mass is 79.9. The maximum Gasteiger partial charge on any atom is 0.271 e. The summed E-state index contributed by atoms with van der Waals surface area (Å²) in [6.45, 7) is 0. The molecule has 1 N–H and O–H groups in total. The summed E-state index contributed by atoms with van der Waals surface area (Å²) in [5.41, 5.74) is 3.56. The lowest BCUT2D eigenvalue weighted by molar-refractivity contribution is -0.384. The fraction of sp³-hybridized carbons (Fsp3) is 0. The molecule has 0 fully saturated rings. The van der Waals surface area contributed by atoms with E-state index in [1.54, 1.807) is 0 Å². The average molecular weight is 374 g/mol. The lowest BCUT2D eigenvalue weighted by atomic mass is 10.2. The first kappa shape index (κ1) is 16.6. The summed E-state index contributed by atoms with van der Waals surface area (Å²) in [7, 11) is 0. The molecule has 2 aromatic carbocycles. The van der Waals surface area contributed by atoms with Crippen molar-refractivity contribution >= 4 is 39.8 Å². The van der Waals surface area contributed by atoms with Gasteiger partial charge in [0.25, 0.3) is 11.6 Å². The molecule has 0 bridgehead atoms. The number of halogens is 1. The Morgan fingerprint density at radius 3 is 2.39 bits per heavy atom. The number of hydrogen-bond acceptors (Lipinski definition) is 4. The van der Waals surface area contributed by atoms with Crippen LogP contribution in [0.25, 0.3) is 6.08 Å². The number of nitrogens with zero attached hydrogens (tertiary/aromatic N) is 2. The predicted molar refractivity (Wildman–Crippen MR) is 92.4 cm³/mol. The van der Waals surface area contributed by atoms with Gasteiger partial charge in [-0.2, -0.15) is 5.10 Å². The second-order valence-corrected chi connectivity index (χ2v) is 5.36. The first-order chi connectivity index (χ1) is 11.1. The van der Waals surface area contributed by atoms with Crippen LogP contribution in [0, 0.1) is 10.1 Å². The number of nitrogens with one attached hydrogen (secondary N) is 1. The summed E-state index contributed by atoms with van der Waals surface area (Å²) in [4.78, 5) is 21.9. The lowest BCUT2D eigenvalue weighted by Gasteiger charge is -1.99. The van der Waals surface area contributed by atoms with Crippen molar-refractivity contribution in [2.75, 3.05) is 0 Å². The Labute approximate surface area is 140 Å². The number of carbonyl (C=O) groups is 1. The van der Waals surface area contributed by atoms with E-state index in [4.69, 9.17) is 0 Å². The number of amides is 1. The molecule has 7 heteroatoms. The SMILES string of the molecule is O=C(N/N=C/C(Br)=C\c1ccccc1)c1ccc([N+](=O)[O-])cc1. The van der Waals surface area contributed by atoms with Crippen molar-refractivity contribution < 1.29 is 9.72 Å². The van der Waals surface area contributed by atoms with Gasteiger partial charge in [0, 0.05) is 22.2 Å². The highest BCUT2D eigenvalue weighted by Gasteiger charge is 2.08. The van der Waals surface area contributed by atoms with Gasteiger partial charge in [-0.15, -0.1) is 0 Å². The predicted octanol–water partition coefficient (Wildman–Crippen LogP) is 3.75. The Hall–Kier alpha value is -2.80. The largest absolute Gasteiger partial charge is 0.271 e. The molecule has 0 saturated carbocycles. The fourth-order valence-electron chi connectivity index (χ4n) is 1.70. The number of allylic oxidation sites excluding steroid dienone is 1. The van der Waals surface area contributed by atoms with E-state index >= 15 is 0 Å². The molecule has 1 amide bonds. The lowest BCUT2D eigenvalue weighted by Crippen LogP contribution is -2.17. The first-order valence-electron chi connectivity index (χ1n) is 6.56. The summed E-state index contributed by atoms with van der Waals surface area (Å²) in [5.74, 6) is -0.448. The van der Waals surface area contributed by atoms with Gasteiger partial charge in [-0.1, -0.05) is 30.3 Å². The quantitative estimate of drug-likeness (QED) is 0.492. The molecule has 0 heterocycles. The summed E-state index contributed by atoms with van der Waals surface area (Å²) in [5, 5.41) is 14.4. The Bertz CT molecular complexity index is 756. The van der Waals surface area contributed by atoms with Crippen LogP contribution in [-0.2, 0) is 0 Å². The van der Waals surface area contributed by atoms with Crippen LogP contribution in [0.5, 0.6) is 0 Å². The number of non-ortho nitro benzene ring substituents is 1. The van der Waals surface area contributed by atoms with Crippen molar-refractivity contribution in [1.82, 2.24) is 5.43 Å². The molecule has 0 atom stereocenters. The van der Waals surface area contributed by atoms with Crippen LogP contribution in [0.3, 0.4) is 0 Å². The van der Waals surface area contributed by atoms with Gasteiger partial charge in [0.05, 0.1) is 11.1 Å². The molecule has 0 radical (unpaired) electrons. The van der Waals surface area contributed by atoms with E-state index in [9.17, 15) is 14.9 Å². The van der Waals surface area contributed by atoms with Crippen molar-refractivity contribution in [3.05, 3.63) is 80.3 Å². The molecular weight excluding hydrogens is 362 g/mol. The van der Waals surface area contributed by atoms with Crippen LogP contribution in [0.15, 0.2) is 64.2 Å². The zero-order valence-electron chi connectivity index (χ0n) is 11.8. The highest BCUT2D eigenvalue weighted by molar-refractivity contribution is 9.12. The zero-order valence-corrected chi connectivity index (χ0v) is 13.4. The van der Waals surface area contributed by atoms with Gasteiger partial charge in [0.15, 0.2) is 0 Å². The molecule has 0 saturated heterocycles. The van der Waals surface area contributed by atoms with E-state index in [2.05, 4.69) is 26.5 Å². The Balaban J connectivity index is 1.95. The standard InChI is InChI=1S/C16H12BrN3O3/c17-14(10-12-4-2-1-3-5-12)11-18-19-16(21)13-6-8-15(9-7-13)20(22)23/h1-11H,(H,19,21)/b14-10+,18-11+. The molecule has 2 aromatic rings. The van der Waals surface area contributed by atoms with Crippen LogP contribution in [0.2, 0.25) is 0 Å². The Kier molecular flexibility index (Phi) is 5.76. The van der Waals surface area contributed by atoms with Crippen LogP contribution in [-0.4, -0.2) is 17.0 Å². The van der Waals surface area contributed by atoms with Gasteiger partial charge in [-0.3, -0.25) is 14.9 Å². The van der Waals surface area contributed by atoms with Crippen molar-refractivity contribution in [1.29, 1.82) is 0 Å². The molecule has 0 unspecified atom stereocenters. The molecular formula is C16H12BrN3O3. The third-order valence-corrected chi connectivity index (χ3v) is 3.23. The van der Waals surface area contributed by atoms with Gasteiger partial charge < -0.3 is 0 Å². The summed E-state index contributed by atoms with van der Waals surface area (Å²) < 4.78 is 0.688.